The smallest absolute Gasteiger partial charge is 0.259 e. The first-order valence-electron chi connectivity index (χ1n) is 22.2. The maximum Gasteiger partial charge on any atom is 0.259 e. The highest BCUT2D eigenvalue weighted by molar-refractivity contribution is 7.81. The van der Waals surface area contributed by atoms with Gasteiger partial charge in [-0.2, -0.15) is 5.26 Å². The third-order valence-corrected chi connectivity index (χ3v) is 12.0. The molecule has 16 nitrogen and oxygen atoms in total. The van der Waals surface area contributed by atoms with Gasteiger partial charge in [0.25, 0.3) is 5.91 Å². The van der Waals surface area contributed by atoms with Crippen LogP contribution in [0.15, 0.2) is 77.7 Å². The van der Waals surface area contributed by atoms with Crippen LogP contribution in [-0.2, 0) is 35.2 Å². The quantitative estimate of drug-likeness (QED) is 0.0693. The Balaban J connectivity index is 0.866. The highest BCUT2D eigenvalue weighted by Crippen LogP contribution is 2.38. The standard InChI is InChI=1S/C49H58FN7O9S/c1-31-22-35(15-14-34(31)25-51)56-46(62)49(5,6)57(47(56)67)36-16-17-40(38(50)23-36)65-21-8-7-18-63-19-9-20-64-29-42(59)54-43(48(2,3)4)45(61)55-28-37(58)24-39(55)44(60)53-26-32-10-12-33(13-11-32)41-27-52-30-66-41/h10-17,22-23,27,30,37,39,43,58H,7-9,18-21,24,26,28-29H2,1-6H3,(H,53,60)(H,54,59)/t37-,39+,43-/m1/s1. The predicted octanol–water partition coefficient (Wildman–Crippen LogP) is 5.97. The molecule has 2 fully saturated rings. The van der Waals surface area contributed by atoms with Gasteiger partial charge in [0, 0.05) is 56.6 Å². The van der Waals surface area contributed by atoms with E-state index >= 15 is 4.39 Å². The Morgan fingerprint density at radius 1 is 1.01 bits per heavy atom. The van der Waals surface area contributed by atoms with Crippen LogP contribution in [0.3, 0.4) is 0 Å². The average molecular weight is 940 g/mol. The number of nitrogens with zero attached hydrogens (tertiary/aromatic N) is 5. The number of aromatic nitrogens is 1. The lowest BCUT2D eigenvalue weighted by Gasteiger charge is -2.35. The van der Waals surface area contributed by atoms with E-state index in [1.165, 1.54) is 28.3 Å². The number of amides is 4. The fraction of sp³-hybridized carbons (Fsp3) is 0.449. The molecule has 2 saturated heterocycles. The Morgan fingerprint density at radius 2 is 1.72 bits per heavy atom. The minimum atomic E-state index is -1.10. The van der Waals surface area contributed by atoms with Crippen LogP contribution < -0.4 is 25.2 Å². The molecule has 0 saturated carbocycles. The number of hydrogen-bond donors (Lipinski definition) is 3. The van der Waals surface area contributed by atoms with E-state index in [0.29, 0.717) is 60.7 Å². The van der Waals surface area contributed by atoms with Crippen LogP contribution in [0.1, 0.15) is 77.0 Å². The summed E-state index contributed by atoms with van der Waals surface area (Å²) in [7, 11) is 0. The van der Waals surface area contributed by atoms with Gasteiger partial charge in [-0.15, -0.1) is 0 Å². The van der Waals surface area contributed by atoms with Gasteiger partial charge in [-0.05, 0) is 99.1 Å². The molecule has 67 heavy (non-hydrogen) atoms. The second kappa shape index (κ2) is 22.0. The third kappa shape index (κ3) is 12.2. The number of anilines is 2. The lowest BCUT2D eigenvalue weighted by atomic mass is 9.85. The number of aryl methyl sites for hydroxylation is 1. The number of halogens is 1. The summed E-state index contributed by atoms with van der Waals surface area (Å²) in [5.41, 5.74) is 1.99. The number of carbonyl (C=O) groups is 4. The largest absolute Gasteiger partial charge is 0.491 e. The molecule has 0 aliphatic carbocycles. The number of ether oxygens (including phenoxy) is 3. The first-order chi connectivity index (χ1) is 31.9. The minimum absolute atomic E-state index is 0.0388. The molecule has 2 aliphatic rings. The molecule has 0 bridgehead atoms. The van der Waals surface area contributed by atoms with Gasteiger partial charge >= 0.3 is 0 Å². The number of carbonyl (C=O) groups excluding carboxylic acids is 4. The number of oxazole rings is 1. The van der Waals surface area contributed by atoms with Crippen molar-refractivity contribution >= 4 is 52.3 Å². The topological polar surface area (TPSA) is 200 Å². The Morgan fingerprint density at radius 3 is 2.39 bits per heavy atom. The Hall–Kier alpha value is -6.26. The van der Waals surface area contributed by atoms with Gasteiger partial charge in [-0.25, -0.2) is 9.37 Å². The first kappa shape index (κ1) is 50.2. The lowest BCUT2D eigenvalue weighted by molar-refractivity contribution is -0.144. The van der Waals surface area contributed by atoms with Gasteiger partial charge in [0.1, 0.15) is 24.2 Å². The SMILES string of the molecule is Cc1cc(N2C(=O)C(C)(C)N(c3ccc(OCCCCOCCCOCC(=O)N[C@H](C(=O)N4C[C@H](O)C[C@H]4C(=O)NCc4ccc(-c5cnco5)cc4)C(C)(C)C)c(F)c3)C2=S)ccc1C#N. The predicted molar refractivity (Wildman–Crippen MR) is 251 cm³/mol. The van der Waals surface area contributed by atoms with Gasteiger partial charge in [0.05, 0.1) is 36.2 Å². The van der Waals surface area contributed by atoms with Crippen molar-refractivity contribution in [1.82, 2.24) is 20.5 Å². The van der Waals surface area contributed by atoms with Crippen molar-refractivity contribution in [2.45, 2.75) is 97.5 Å². The van der Waals surface area contributed by atoms with Crippen LogP contribution >= 0.6 is 12.2 Å². The summed E-state index contributed by atoms with van der Waals surface area (Å²) in [4.78, 5) is 62.1. The van der Waals surface area contributed by atoms with Crippen molar-refractivity contribution in [1.29, 1.82) is 5.26 Å². The van der Waals surface area contributed by atoms with Crippen molar-refractivity contribution in [3.63, 3.8) is 0 Å². The molecule has 6 rings (SSSR count). The van der Waals surface area contributed by atoms with Crippen LogP contribution in [0.4, 0.5) is 15.8 Å². The normalized spacial score (nSPS) is 17.4. The van der Waals surface area contributed by atoms with E-state index in [0.717, 1.165) is 11.1 Å². The zero-order valence-corrected chi connectivity index (χ0v) is 39.5. The Labute approximate surface area is 395 Å². The summed E-state index contributed by atoms with van der Waals surface area (Å²) < 4.78 is 37.6. The van der Waals surface area contributed by atoms with Gasteiger partial charge in [-0.1, -0.05) is 45.0 Å². The van der Waals surface area contributed by atoms with E-state index in [2.05, 4.69) is 21.7 Å². The molecule has 0 spiro atoms. The van der Waals surface area contributed by atoms with Crippen LogP contribution in [0.2, 0.25) is 0 Å². The fourth-order valence-electron chi connectivity index (χ4n) is 7.91. The number of aliphatic hydroxyl groups excluding tert-OH is 1. The number of rotatable bonds is 20. The Kier molecular flexibility index (Phi) is 16.5. The molecule has 356 valence electrons. The van der Waals surface area contributed by atoms with E-state index < -0.39 is 52.7 Å². The lowest BCUT2D eigenvalue weighted by Crippen LogP contribution is -2.58. The number of nitrogens with one attached hydrogen (secondary N) is 2. The number of aliphatic hydroxyl groups is 1. The Bertz CT molecular complexity index is 2450. The number of β-amino-alcohol motifs (C(OH)–C–C–N with tert-alkyl or cyclic N) is 1. The van der Waals surface area contributed by atoms with E-state index in [4.69, 9.17) is 30.8 Å². The highest BCUT2D eigenvalue weighted by atomic mass is 32.1. The van der Waals surface area contributed by atoms with Crippen molar-refractivity contribution in [2.75, 3.05) is 49.4 Å². The van der Waals surface area contributed by atoms with Crippen LogP contribution in [0.5, 0.6) is 5.75 Å². The summed E-state index contributed by atoms with van der Waals surface area (Å²) in [5, 5.41) is 25.7. The molecular weight excluding hydrogens is 882 g/mol. The van der Waals surface area contributed by atoms with E-state index in [1.54, 1.807) is 56.1 Å². The second-order valence-electron chi connectivity index (χ2n) is 18.2. The maximum atomic E-state index is 15.3. The van der Waals surface area contributed by atoms with E-state index in [-0.39, 0.29) is 56.1 Å². The molecule has 0 unspecified atom stereocenters. The van der Waals surface area contributed by atoms with Crippen molar-refractivity contribution in [2.24, 2.45) is 5.41 Å². The van der Waals surface area contributed by atoms with E-state index in [1.807, 2.05) is 45.0 Å². The van der Waals surface area contributed by atoms with Gasteiger partial charge in [-0.3, -0.25) is 24.1 Å². The minimum Gasteiger partial charge on any atom is -0.491 e. The van der Waals surface area contributed by atoms with Crippen LogP contribution in [0.25, 0.3) is 11.3 Å². The fourth-order valence-corrected chi connectivity index (χ4v) is 8.43. The van der Waals surface area contributed by atoms with Gasteiger partial charge in [0.2, 0.25) is 17.7 Å². The number of likely N-dealkylation sites (tertiary alicyclic amines) is 1. The molecule has 3 N–H and O–H groups in total. The molecule has 3 heterocycles. The summed E-state index contributed by atoms with van der Waals surface area (Å²) in [6.07, 6.45) is 3.92. The van der Waals surface area contributed by atoms with Gasteiger partial charge < -0.3 is 44.2 Å². The number of unbranched alkanes of at least 4 members (excludes halogenated alkanes) is 1. The van der Waals surface area contributed by atoms with Gasteiger partial charge in [0.15, 0.2) is 28.8 Å². The molecule has 3 atom stereocenters. The molecule has 0 radical (unpaired) electrons. The average Bonchev–Trinajstić information content (AvgIpc) is 4.01. The second-order valence-corrected chi connectivity index (χ2v) is 18.5. The maximum absolute atomic E-state index is 15.3. The molecule has 2 aliphatic heterocycles. The summed E-state index contributed by atoms with van der Waals surface area (Å²) >= 11 is 5.72. The zero-order chi connectivity index (χ0) is 48.5. The zero-order valence-electron chi connectivity index (χ0n) is 38.7. The van der Waals surface area contributed by atoms with Crippen molar-refractivity contribution in [3.8, 4) is 23.1 Å². The summed E-state index contributed by atoms with van der Waals surface area (Å²) in [6, 6.07) is 17.2. The first-order valence-corrected chi connectivity index (χ1v) is 22.6. The summed E-state index contributed by atoms with van der Waals surface area (Å²) in [5.74, 6) is -1.54. The monoisotopic (exact) mass is 939 g/mol. The van der Waals surface area contributed by atoms with Crippen molar-refractivity contribution in [3.05, 3.63) is 95.8 Å². The van der Waals surface area contributed by atoms with E-state index in [9.17, 15) is 29.5 Å². The third-order valence-electron chi connectivity index (χ3n) is 11.6. The number of hydrogen-bond acceptors (Lipinski definition) is 12. The summed E-state index contributed by atoms with van der Waals surface area (Å²) in [6.45, 7) is 11.9. The molecule has 4 amide bonds. The number of nitriles is 1. The van der Waals surface area contributed by atoms with Crippen molar-refractivity contribution < 1.29 is 47.3 Å². The molecular formula is C49H58FN7O9S. The van der Waals surface area contributed by atoms with Crippen LogP contribution in [0, 0.1) is 29.5 Å². The van der Waals surface area contributed by atoms with Crippen LogP contribution in [-0.4, -0.2) is 107 Å². The molecule has 3 aromatic carbocycles. The molecule has 1 aromatic heterocycles. The molecule has 18 heteroatoms. The number of thiocarbonyl (C=S) groups is 1. The number of benzene rings is 3. The molecule has 4 aromatic rings. The highest BCUT2D eigenvalue weighted by Gasteiger charge is 2.50.